The number of nitrogen functional groups attached to an aromatic ring is 1. The molecule has 0 aromatic heterocycles. The van der Waals surface area contributed by atoms with Gasteiger partial charge in [0.2, 0.25) is 10.0 Å². The first-order chi connectivity index (χ1) is 8.77. The predicted octanol–water partition coefficient (Wildman–Crippen LogP) is 2.25. The number of sulfonamides is 1. The highest BCUT2D eigenvalue weighted by Gasteiger charge is 2.20. The van der Waals surface area contributed by atoms with Crippen molar-refractivity contribution in [2.24, 2.45) is 5.92 Å². The van der Waals surface area contributed by atoms with E-state index >= 15 is 0 Å². The zero-order valence-corrected chi connectivity index (χ0v) is 13.8. The Kier molecular flexibility index (Phi) is 6.07. The van der Waals surface area contributed by atoms with Crippen molar-refractivity contribution in [3.05, 3.63) is 21.6 Å². The third-order valence-corrected chi connectivity index (χ3v) is 5.21. The van der Waals surface area contributed by atoms with Crippen LogP contribution in [0, 0.1) is 5.92 Å². The van der Waals surface area contributed by atoms with Crippen LogP contribution in [0.15, 0.2) is 21.5 Å². The van der Waals surface area contributed by atoms with Crippen molar-refractivity contribution < 1.29 is 13.2 Å². The van der Waals surface area contributed by atoms with E-state index in [-0.39, 0.29) is 28.1 Å². The number of halogens is 2. The largest absolute Gasteiger partial charge is 0.398 e. The maximum atomic E-state index is 12.2. The monoisotopic (exact) mass is 370 g/mol. The van der Waals surface area contributed by atoms with E-state index in [9.17, 15) is 8.42 Å². The summed E-state index contributed by atoms with van der Waals surface area (Å²) in [6, 6.07) is 2.84. The summed E-state index contributed by atoms with van der Waals surface area (Å²) < 4.78 is 32.1. The molecular formula is C11H16BrClN2O3S. The molecule has 0 fully saturated rings. The second-order valence-corrected chi connectivity index (χ2v) is 7.18. The van der Waals surface area contributed by atoms with Gasteiger partial charge in [0.1, 0.15) is 0 Å². The van der Waals surface area contributed by atoms with Gasteiger partial charge in [-0.1, -0.05) is 18.5 Å². The number of benzene rings is 1. The van der Waals surface area contributed by atoms with Crippen molar-refractivity contribution in [2.45, 2.75) is 11.8 Å². The average Bonchev–Trinajstić information content (AvgIpc) is 2.31. The number of methoxy groups -OCH3 is 1. The topological polar surface area (TPSA) is 81.4 Å². The van der Waals surface area contributed by atoms with Crippen LogP contribution in [0.5, 0.6) is 0 Å². The van der Waals surface area contributed by atoms with Gasteiger partial charge in [-0.05, 0) is 34.0 Å². The zero-order valence-electron chi connectivity index (χ0n) is 10.6. The lowest BCUT2D eigenvalue weighted by molar-refractivity contribution is 0.161. The van der Waals surface area contributed by atoms with Gasteiger partial charge in [-0.2, -0.15) is 0 Å². The number of ether oxygens (including phenoxy) is 1. The summed E-state index contributed by atoms with van der Waals surface area (Å²) in [5, 5.41) is 0.269. The Labute approximate surface area is 126 Å². The van der Waals surface area contributed by atoms with E-state index in [1.165, 1.54) is 12.1 Å². The van der Waals surface area contributed by atoms with E-state index in [0.29, 0.717) is 11.1 Å². The minimum Gasteiger partial charge on any atom is -0.398 e. The number of rotatable bonds is 6. The molecule has 3 N–H and O–H groups in total. The molecule has 1 aromatic carbocycles. The molecule has 0 bridgehead atoms. The molecule has 0 saturated carbocycles. The van der Waals surface area contributed by atoms with Crippen LogP contribution in [0.3, 0.4) is 0 Å². The van der Waals surface area contributed by atoms with E-state index < -0.39 is 10.0 Å². The number of anilines is 1. The van der Waals surface area contributed by atoms with Gasteiger partial charge < -0.3 is 10.5 Å². The van der Waals surface area contributed by atoms with Crippen LogP contribution in [0.2, 0.25) is 5.02 Å². The molecule has 0 amide bonds. The third kappa shape index (κ3) is 4.61. The average molecular weight is 372 g/mol. The fraction of sp³-hybridized carbons (Fsp3) is 0.455. The van der Waals surface area contributed by atoms with Crippen molar-refractivity contribution in [3.8, 4) is 0 Å². The molecule has 0 aliphatic rings. The fourth-order valence-electron chi connectivity index (χ4n) is 1.45. The van der Waals surface area contributed by atoms with Crippen LogP contribution in [0.1, 0.15) is 6.92 Å². The van der Waals surface area contributed by atoms with Crippen molar-refractivity contribution in [2.75, 3.05) is 26.0 Å². The summed E-state index contributed by atoms with van der Waals surface area (Å²) in [6.07, 6.45) is 0. The predicted molar refractivity (Wildman–Crippen MR) is 79.8 cm³/mol. The number of hydrogen-bond acceptors (Lipinski definition) is 4. The van der Waals surface area contributed by atoms with Gasteiger partial charge in [0, 0.05) is 31.0 Å². The Bertz CT molecular complexity index is 551. The van der Waals surface area contributed by atoms with E-state index in [4.69, 9.17) is 22.1 Å². The van der Waals surface area contributed by atoms with E-state index in [1.54, 1.807) is 7.11 Å². The first kappa shape index (κ1) is 16.7. The van der Waals surface area contributed by atoms with Crippen LogP contribution in [0.4, 0.5) is 5.69 Å². The molecule has 0 aliphatic carbocycles. The summed E-state index contributed by atoms with van der Waals surface area (Å²) in [6.45, 7) is 2.63. The standard InChI is InChI=1S/C11H16BrClN2O3S/c1-7(6-18-2)5-15-19(16,17)10-4-8(13)3-9(14)11(10)12/h3-4,7,15H,5-6,14H2,1-2H3. The van der Waals surface area contributed by atoms with Crippen LogP contribution in [-0.4, -0.2) is 28.7 Å². The molecule has 8 heteroatoms. The fourth-order valence-corrected chi connectivity index (χ4v) is 3.91. The van der Waals surface area contributed by atoms with Crippen LogP contribution < -0.4 is 10.5 Å². The third-order valence-electron chi connectivity index (χ3n) is 2.39. The molecule has 0 spiro atoms. The molecule has 108 valence electrons. The maximum absolute atomic E-state index is 12.2. The lowest BCUT2D eigenvalue weighted by Crippen LogP contribution is -2.30. The van der Waals surface area contributed by atoms with Crippen LogP contribution in [-0.2, 0) is 14.8 Å². The summed E-state index contributed by atoms with van der Waals surface area (Å²) >= 11 is 8.99. The first-order valence-electron chi connectivity index (χ1n) is 5.51. The normalized spacial score (nSPS) is 13.5. The van der Waals surface area contributed by atoms with E-state index in [0.717, 1.165) is 0 Å². The SMILES string of the molecule is COCC(C)CNS(=O)(=O)c1cc(Cl)cc(N)c1Br. The maximum Gasteiger partial charge on any atom is 0.241 e. The van der Waals surface area contributed by atoms with Crippen molar-refractivity contribution in [1.29, 1.82) is 0 Å². The second-order valence-electron chi connectivity index (χ2n) is 4.22. The highest BCUT2D eigenvalue weighted by molar-refractivity contribution is 9.10. The molecule has 0 heterocycles. The first-order valence-corrected chi connectivity index (χ1v) is 8.16. The Balaban J connectivity index is 2.95. The molecular weight excluding hydrogens is 356 g/mol. The van der Waals surface area contributed by atoms with Gasteiger partial charge >= 0.3 is 0 Å². The molecule has 1 aromatic rings. The molecule has 19 heavy (non-hydrogen) atoms. The summed E-state index contributed by atoms with van der Waals surface area (Å²) in [5.74, 6) is 0.0649. The quantitative estimate of drug-likeness (QED) is 0.751. The smallest absolute Gasteiger partial charge is 0.241 e. The highest BCUT2D eigenvalue weighted by Crippen LogP contribution is 2.31. The zero-order chi connectivity index (χ0) is 14.6. The molecule has 1 rings (SSSR count). The molecule has 5 nitrogen and oxygen atoms in total. The Morgan fingerprint density at radius 1 is 1.53 bits per heavy atom. The number of hydrogen-bond donors (Lipinski definition) is 2. The number of nitrogens with two attached hydrogens (primary N) is 1. The molecule has 0 aliphatic heterocycles. The Morgan fingerprint density at radius 2 is 2.16 bits per heavy atom. The minimum atomic E-state index is -3.67. The van der Waals surface area contributed by atoms with E-state index in [1.807, 2.05) is 6.92 Å². The van der Waals surface area contributed by atoms with Crippen LogP contribution in [0.25, 0.3) is 0 Å². The van der Waals surface area contributed by atoms with Gasteiger partial charge in [-0.15, -0.1) is 0 Å². The highest BCUT2D eigenvalue weighted by atomic mass is 79.9. The van der Waals surface area contributed by atoms with Gasteiger partial charge in [0.25, 0.3) is 0 Å². The molecule has 0 radical (unpaired) electrons. The lowest BCUT2D eigenvalue weighted by Gasteiger charge is -2.14. The molecule has 0 saturated heterocycles. The minimum absolute atomic E-state index is 0.0297. The Morgan fingerprint density at radius 3 is 2.74 bits per heavy atom. The van der Waals surface area contributed by atoms with Crippen LogP contribution >= 0.6 is 27.5 Å². The summed E-state index contributed by atoms with van der Waals surface area (Å²) in [7, 11) is -2.10. The Hall–Kier alpha value is -0.340. The van der Waals surface area contributed by atoms with E-state index in [2.05, 4.69) is 20.7 Å². The van der Waals surface area contributed by atoms with Gasteiger partial charge in [-0.3, -0.25) is 0 Å². The number of nitrogens with one attached hydrogen (secondary N) is 1. The van der Waals surface area contributed by atoms with Crippen molar-refractivity contribution in [3.63, 3.8) is 0 Å². The van der Waals surface area contributed by atoms with Crippen molar-refractivity contribution >= 4 is 43.2 Å². The van der Waals surface area contributed by atoms with Gasteiger partial charge in [0.15, 0.2) is 0 Å². The molecule has 1 atom stereocenters. The van der Waals surface area contributed by atoms with Gasteiger partial charge in [0.05, 0.1) is 9.37 Å². The summed E-state index contributed by atoms with van der Waals surface area (Å²) in [5.41, 5.74) is 5.95. The van der Waals surface area contributed by atoms with Crippen molar-refractivity contribution in [1.82, 2.24) is 4.72 Å². The molecule has 1 unspecified atom stereocenters. The second kappa shape index (κ2) is 6.90. The summed E-state index contributed by atoms with van der Waals surface area (Å²) in [4.78, 5) is 0.0297. The lowest BCUT2D eigenvalue weighted by atomic mass is 10.2. The van der Waals surface area contributed by atoms with Gasteiger partial charge in [-0.25, -0.2) is 13.1 Å².